The number of nitrogens with one attached hydrogen (secondary N) is 1. The molecule has 1 atom stereocenters. The second-order valence-electron chi connectivity index (χ2n) is 7.74. The maximum absolute atomic E-state index is 13.3. The standard InChI is InChI=1S/C22H28N6O6S/c1-15(29)28(19(30)17-8-12-25-13-9-17)22(20(31)32,10-3-11-26-21(23)24)27-14-16-4-6-18(7-5-16)35(2,33)34/h4-9,12-13,27H,3,10-11,14H2,1-2H3,(H,31,32)(H4,23,24,26)/t22-/m0/s1. The van der Waals surface area contributed by atoms with E-state index in [1.165, 1.54) is 48.8 Å². The Morgan fingerprint density at radius 1 is 1.11 bits per heavy atom. The molecule has 0 bridgehead atoms. The molecule has 1 aromatic heterocycles. The fourth-order valence-corrected chi connectivity index (χ4v) is 4.04. The summed E-state index contributed by atoms with van der Waals surface area (Å²) in [4.78, 5) is 47.0. The summed E-state index contributed by atoms with van der Waals surface area (Å²) < 4.78 is 23.4. The molecule has 188 valence electrons. The number of rotatable bonds is 11. The number of carboxylic acids is 1. The summed E-state index contributed by atoms with van der Waals surface area (Å²) in [7, 11) is -3.41. The summed E-state index contributed by atoms with van der Waals surface area (Å²) in [6.07, 6.45) is 3.68. The first-order valence-corrected chi connectivity index (χ1v) is 12.4. The van der Waals surface area contributed by atoms with E-state index in [4.69, 9.17) is 11.5 Å². The van der Waals surface area contributed by atoms with Crippen LogP contribution in [-0.4, -0.2) is 65.6 Å². The van der Waals surface area contributed by atoms with E-state index >= 15 is 0 Å². The van der Waals surface area contributed by atoms with Gasteiger partial charge in [-0.25, -0.2) is 18.1 Å². The molecule has 0 saturated carbocycles. The molecule has 2 rings (SSSR count). The van der Waals surface area contributed by atoms with Crippen LogP contribution in [0.2, 0.25) is 0 Å². The Morgan fingerprint density at radius 3 is 2.20 bits per heavy atom. The molecule has 0 spiro atoms. The van der Waals surface area contributed by atoms with Crippen molar-refractivity contribution in [3.05, 3.63) is 59.9 Å². The van der Waals surface area contributed by atoms with Crippen molar-refractivity contribution < 1.29 is 27.9 Å². The number of pyridine rings is 1. The number of aromatic nitrogens is 1. The summed E-state index contributed by atoms with van der Waals surface area (Å²) in [6.45, 7) is 1.07. The molecule has 0 unspecified atom stereocenters. The fraction of sp³-hybridized carbons (Fsp3) is 0.318. The van der Waals surface area contributed by atoms with Gasteiger partial charge in [0.1, 0.15) is 0 Å². The van der Waals surface area contributed by atoms with Crippen molar-refractivity contribution in [2.75, 3.05) is 12.8 Å². The lowest BCUT2D eigenvalue weighted by atomic mass is 9.98. The highest BCUT2D eigenvalue weighted by molar-refractivity contribution is 7.90. The predicted molar refractivity (Wildman–Crippen MR) is 128 cm³/mol. The van der Waals surface area contributed by atoms with E-state index in [1.807, 2.05) is 0 Å². The number of hydrogen-bond donors (Lipinski definition) is 4. The van der Waals surface area contributed by atoms with Crippen LogP contribution in [0.5, 0.6) is 0 Å². The van der Waals surface area contributed by atoms with Gasteiger partial charge in [-0.15, -0.1) is 0 Å². The number of aliphatic carboxylic acids is 1. The number of aliphatic imine (C=N–C) groups is 1. The van der Waals surface area contributed by atoms with E-state index < -0.39 is 33.3 Å². The first-order chi connectivity index (χ1) is 16.4. The lowest BCUT2D eigenvalue weighted by Gasteiger charge is -2.39. The third kappa shape index (κ3) is 7.07. The molecule has 0 radical (unpaired) electrons. The predicted octanol–water partition coefficient (Wildman–Crippen LogP) is 0.0981. The van der Waals surface area contributed by atoms with Crippen molar-refractivity contribution in [1.82, 2.24) is 15.2 Å². The van der Waals surface area contributed by atoms with E-state index in [1.54, 1.807) is 0 Å². The van der Waals surface area contributed by atoms with Crippen LogP contribution in [0.4, 0.5) is 0 Å². The van der Waals surface area contributed by atoms with Gasteiger partial charge >= 0.3 is 5.97 Å². The summed E-state index contributed by atoms with van der Waals surface area (Å²) >= 11 is 0. The largest absolute Gasteiger partial charge is 0.478 e. The number of amides is 2. The first kappa shape index (κ1) is 27.4. The quantitative estimate of drug-likeness (QED) is 0.141. The minimum Gasteiger partial charge on any atom is -0.478 e. The van der Waals surface area contributed by atoms with Gasteiger partial charge in [0.05, 0.1) is 4.90 Å². The van der Waals surface area contributed by atoms with E-state index in [-0.39, 0.29) is 42.3 Å². The Bertz CT molecular complexity index is 1200. The Hall–Kier alpha value is -3.84. The molecule has 1 heterocycles. The molecule has 0 saturated heterocycles. The minimum absolute atomic E-state index is 0.0668. The normalized spacial score (nSPS) is 12.9. The zero-order valence-electron chi connectivity index (χ0n) is 19.3. The van der Waals surface area contributed by atoms with Gasteiger partial charge < -0.3 is 16.6 Å². The number of carboxylic acid groups (broad SMARTS) is 1. The van der Waals surface area contributed by atoms with E-state index in [2.05, 4.69) is 15.3 Å². The summed E-state index contributed by atoms with van der Waals surface area (Å²) in [5.74, 6) is -3.27. The summed E-state index contributed by atoms with van der Waals surface area (Å²) in [5.41, 5.74) is 9.14. The Kier molecular flexibility index (Phi) is 9.03. The average molecular weight is 505 g/mol. The highest BCUT2D eigenvalue weighted by Gasteiger charge is 2.48. The van der Waals surface area contributed by atoms with Gasteiger partial charge in [0, 0.05) is 44.2 Å². The van der Waals surface area contributed by atoms with Crippen molar-refractivity contribution in [3.63, 3.8) is 0 Å². The Balaban J connectivity index is 2.47. The lowest BCUT2D eigenvalue weighted by Crippen LogP contribution is -2.67. The van der Waals surface area contributed by atoms with Crippen LogP contribution < -0.4 is 16.8 Å². The number of carbonyl (C=O) groups is 3. The molecule has 0 fully saturated rings. The number of sulfone groups is 1. The van der Waals surface area contributed by atoms with Gasteiger partial charge in [0.25, 0.3) is 5.91 Å². The van der Waals surface area contributed by atoms with Crippen LogP contribution >= 0.6 is 0 Å². The third-order valence-corrected chi connectivity index (χ3v) is 6.24. The second-order valence-corrected chi connectivity index (χ2v) is 9.76. The highest BCUT2D eigenvalue weighted by atomic mass is 32.2. The zero-order valence-corrected chi connectivity index (χ0v) is 20.2. The molecule has 35 heavy (non-hydrogen) atoms. The molecule has 13 heteroatoms. The van der Waals surface area contributed by atoms with Crippen LogP contribution in [0.25, 0.3) is 0 Å². The van der Waals surface area contributed by atoms with Crippen LogP contribution in [0.15, 0.2) is 58.7 Å². The van der Waals surface area contributed by atoms with Crippen molar-refractivity contribution >= 4 is 33.6 Å². The van der Waals surface area contributed by atoms with Gasteiger partial charge in [-0.3, -0.25) is 24.9 Å². The monoisotopic (exact) mass is 504 g/mol. The van der Waals surface area contributed by atoms with Crippen molar-refractivity contribution in [1.29, 1.82) is 0 Å². The van der Waals surface area contributed by atoms with Gasteiger partial charge in [-0.1, -0.05) is 12.1 Å². The SMILES string of the molecule is CC(=O)N(C(=O)c1ccncc1)[C@](CCCN=C(N)N)(NCc1ccc(S(C)(=O)=O)cc1)C(=O)O. The third-order valence-electron chi connectivity index (χ3n) is 5.11. The zero-order chi connectivity index (χ0) is 26.2. The molecule has 12 nitrogen and oxygen atoms in total. The fourth-order valence-electron chi connectivity index (χ4n) is 3.41. The molecular formula is C22H28N6O6S. The smallest absolute Gasteiger partial charge is 0.345 e. The summed E-state index contributed by atoms with van der Waals surface area (Å²) in [5, 5.41) is 13.1. The lowest BCUT2D eigenvalue weighted by molar-refractivity contribution is -0.159. The van der Waals surface area contributed by atoms with Crippen LogP contribution in [0, 0.1) is 0 Å². The number of guanidine groups is 1. The van der Waals surface area contributed by atoms with Crippen LogP contribution in [-0.2, 0) is 26.0 Å². The second kappa shape index (κ2) is 11.5. The number of benzene rings is 1. The minimum atomic E-state index is -3.41. The highest BCUT2D eigenvalue weighted by Crippen LogP contribution is 2.24. The molecular weight excluding hydrogens is 476 g/mol. The van der Waals surface area contributed by atoms with E-state index in [0.29, 0.717) is 10.5 Å². The molecule has 0 aliphatic rings. The number of nitrogens with zero attached hydrogens (tertiary/aromatic N) is 3. The maximum Gasteiger partial charge on any atom is 0.345 e. The maximum atomic E-state index is 13.3. The van der Waals surface area contributed by atoms with Crippen molar-refractivity contribution in [2.45, 2.75) is 36.9 Å². The Morgan fingerprint density at radius 2 is 1.71 bits per heavy atom. The molecule has 2 aromatic rings. The topological polar surface area (TPSA) is 198 Å². The van der Waals surface area contributed by atoms with Gasteiger partial charge in [0.15, 0.2) is 15.8 Å². The van der Waals surface area contributed by atoms with E-state index in [9.17, 15) is 27.9 Å². The Labute approximate surface area is 203 Å². The number of hydrogen-bond acceptors (Lipinski definition) is 8. The van der Waals surface area contributed by atoms with Crippen LogP contribution in [0.3, 0.4) is 0 Å². The first-order valence-electron chi connectivity index (χ1n) is 10.5. The number of nitrogens with two attached hydrogens (primary N) is 2. The van der Waals surface area contributed by atoms with Gasteiger partial charge in [0.2, 0.25) is 11.6 Å². The average Bonchev–Trinajstić information content (AvgIpc) is 2.79. The van der Waals surface area contributed by atoms with Gasteiger partial charge in [-0.2, -0.15) is 0 Å². The van der Waals surface area contributed by atoms with Crippen molar-refractivity contribution in [3.8, 4) is 0 Å². The van der Waals surface area contributed by atoms with Crippen LogP contribution in [0.1, 0.15) is 35.7 Å². The van der Waals surface area contributed by atoms with E-state index in [0.717, 1.165) is 13.2 Å². The molecule has 2 amide bonds. The molecule has 0 aliphatic heterocycles. The molecule has 6 N–H and O–H groups in total. The van der Waals surface area contributed by atoms with Crippen molar-refractivity contribution in [2.24, 2.45) is 16.5 Å². The molecule has 0 aliphatic carbocycles. The number of carbonyl (C=O) groups excluding carboxylic acids is 2. The summed E-state index contributed by atoms with van der Waals surface area (Å²) in [6, 6.07) is 8.54. The molecule has 1 aromatic carbocycles. The van der Waals surface area contributed by atoms with Gasteiger partial charge in [-0.05, 0) is 42.7 Å². The number of imide groups is 1.